The Labute approximate surface area is 191 Å². The Morgan fingerprint density at radius 1 is 1.00 bits per heavy atom. The van der Waals surface area contributed by atoms with Gasteiger partial charge in [-0.05, 0) is 48.5 Å². The molecule has 11 heteroatoms. The summed E-state index contributed by atoms with van der Waals surface area (Å²) in [7, 11) is -3.35. The van der Waals surface area contributed by atoms with E-state index in [1.165, 1.54) is 0 Å². The molecule has 2 heterocycles. The van der Waals surface area contributed by atoms with E-state index in [0.717, 1.165) is 11.9 Å². The molecule has 0 aliphatic carbocycles. The summed E-state index contributed by atoms with van der Waals surface area (Å²) >= 11 is 5.97. The van der Waals surface area contributed by atoms with Gasteiger partial charge in [-0.1, -0.05) is 11.6 Å². The van der Waals surface area contributed by atoms with Crippen molar-refractivity contribution in [3.8, 4) is 11.8 Å². The van der Waals surface area contributed by atoms with Crippen LogP contribution in [0.1, 0.15) is 0 Å². The van der Waals surface area contributed by atoms with E-state index >= 15 is 0 Å². The van der Waals surface area contributed by atoms with Gasteiger partial charge in [0, 0.05) is 35.6 Å². The molecule has 0 atom stereocenters. The molecule has 168 valence electrons. The topological polar surface area (TPSA) is 106 Å². The molecule has 9 nitrogen and oxygen atoms in total. The molecule has 1 aliphatic heterocycles. The van der Waals surface area contributed by atoms with Gasteiger partial charge in [-0.2, -0.15) is 9.97 Å². The van der Waals surface area contributed by atoms with Crippen LogP contribution in [0.4, 0.5) is 23.0 Å². The summed E-state index contributed by atoms with van der Waals surface area (Å²) in [5.41, 5.74) is 1.26. The first-order chi connectivity index (χ1) is 15.3. The molecular weight excluding hydrogens is 454 g/mol. The molecule has 1 saturated heterocycles. The zero-order chi connectivity index (χ0) is 22.6. The van der Waals surface area contributed by atoms with E-state index < -0.39 is 10.0 Å². The van der Waals surface area contributed by atoms with Gasteiger partial charge in [0.2, 0.25) is 10.0 Å². The standard InChI is InChI=1S/C21H22ClN5O4S/c1-32(28,29)26-17-6-8-18(9-7-17)31-21-24-19(23-16-4-2-15(22)3-5-16)14-20(25-21)27-10-12-30-13-11-27/h2-9,14,26H,10-13H2,1H3,(H,23,24,25). The molecule has 0 amide bonds. The molecule has 0 spiro atoms. The van der Waals surface area contributed by atoms with Crippen LogP contribution in [-0.4, -0.2) is 50.9 Å². The van der Waals surface area contributed by atoms with Crippen LogP contribution in [0.5, 0.6) is 11.8 Å². The van der Waals surface area contributed by atoms with E-state index in [1.807, 2.05) is 18.2 Å². The third kappa shape index (κ3) is 6.22. The Morgan fingerprint density at radius 3 is 2.31 bits per heavy atom. The van der Waals surface area contributed by atoms with Gasteiger partial charge in [0.05, 0.1) is 19.5 Å². The van der Waals surface area contributed by atoms with Crippen molar-refractivity contribution < 1.29 is 17.9 Å². The number of halogens is 1. The predicted molar refractivity (Wildman–Crippen MR) is 125 cm³/mol. The Hall–Kier alpha value is -3.08. The molecule has 1 fully saturated rings. The van der Waals surface area contributed by atoms with E-state index in [1.54, 1.807) is 36.4 Å². The van der Waals surface area contributed by atoms with Gasteiger partial charge < -0.3 is 19.7 Å². The second-order valence-electron chi connectivity index (χ2n) is 7.13. The van der Waals surface area contributed by atoms with Crippen molar-refractivity contribution in [1.29, 1.82) is 0 Å². The van der Waals surface area contributed by atoms with Crippen LogP contribution in [0.25, 0.3) is 0 Å². The zero-order valence-electron chi connectivity index (χ0n) is 17.3. The third-order valence-electron chi connectivity index (χ3n) is 4.51. The Bertz CT molecular complexity index is 1170. The quantitative estimate of drug-likeness (QED) is 0.530. The molecular formula is C21H22ClN5O4S. The monoisotopic (exact) mass is 475 g/mol. The SMILES string of the molecule is CS(=O)(=O)Nc1ccc(Oc2nc(Nc3ccc(Cl)cc3)cc(N3CCOCC3)n2)cc1. The van der Waals surface area contributed by atoms with Gasteiger partial charge in [0.25, 0.3) is 0 Å². The molecule has 0 radical (unpaired) electrons. The van der Waals surface area contributed by atoms with Crippen molar-refractivity contribution in [3.05, 3.63) is 59.6 Å². The Morgan fingerprint density at radius 2 is 1.66 bits per heavy atom. The number of morpholine rings is 1. The highest BCUT2D eigenvalue weighted by molar-refractivity contribution is 7.92. The van der Waals surface area contributed by atoms with Crippen molar-refractivity contribution in [2.24, 2.45) is 0 Å². The maximum absolute atomic E-state index is 11.4. The lowest BCUT2D eigenvalue weighted by Gasteiger charge is -2.28. The molecule has 0 bridgehead atoms. The number of aromatic nitrogens is 2. The Balaban J connectivity index is 1.58. The largest absolute Gasteiger partial charge is 0.424 e. The second-order valence-corrected chi connectivity index (χ2v) is 9.31. The van der Waals surface area contributed by atoms with Crippen LogP contribution in [0.2, 0.25) is 5.02 Å². The number of benzene rings is 2. The number of ether oxygens (including phenoxy) is 2. The number of anilines is 4. The summed E-state index contributed by atoms with van der Waals surface area (Å²) in [4.78, 5) is 11.1. The number of hydrogen-bond donors (Lipinski definition) is 2. The minimum Gasteiger partial charge on any atom is -0.424 e. The van der Waals surface area contributed by atoms with Crippen LogP contribution in [-0.2, 0) is 14.8 Å². The minimum atomic E-state index is -3.35. The van der Waals surface area contributed by atoms with Gasteiger partial charge in [-0.25, -0.2) is 8.42 Å². The fraction of sp³-hybridized carbons (Fsp3) is 0.238. The van der Waals surface area contributed by atoms with E-state index in [4.69, 9.17) is 21.1 Å². The summed E-state index contributed by atoms with van der Waals surface area (Å²) in [5, 5.41) is 3.89. The van der Waals surface area contributed by atoms with Gasteiger partial charge in [-0.3, -0.25) is 4.72 Å². The highest BCUT2D eigenvalue weighted by Crippen LogP contribution is 2.27. The van der Waals surface area contributed by atoms with Crippen LogP contribution >= 0.6 is 11.6 Å². The van der Waals surface area contributed by atoms with Crippen molar-refractivity contribution in [2.45, 2.75) is 0 Å². The number of nitrogens with one attached hydrogen (secondary N) is 2. The molecule has 32 heavy (non-hydrogen) atoms. The molecule has 2 aromatic carbocycles. The highest BCUT2D eigenvalue weighted by atomic mass is 35.5. The molecule has 0 saturated carbocycles. The van der Waals surface area contributed by atoms with Gasteiger partial charge >= 0.3 is 6.01 Å². The number of nitrogens with zero attached hydrogens (tertiary/aromatic N) is 3. The lowest BCUT2D eigenvalue weighted by molar-refractivity contribution is 0.122. The van der Waals surface area contributed by atoms with Crippen LogP contribution in [0.15, 0.2) is 54.6 Å². The third-order valence-corrected chi connectivity index (χ3v) is 5.37. The van der Waals surface area contributed by atoms with Crippen molar-refractivity contribution >= 4 is 44.6 Å². The van der Waals surface area contributed by atoms with Gasteiger partial charge in [0.1, 0.15) is 17.4 Å². The summed E-state index contributed by atoms with van der Waals surface area (Å²) in [6.07, 6.45) is 1.09. The van der Waals surface area contributed by atoms with Gasteiger partial charge in [-0.15, -0.1) is 0 Å². The first kappa shape index (κ1) is 22.1. The van der Waals surface area contributed by atoms with Crippen molar-refractivity contribution in [1.82, 2.24) is 9.97 Å². The van der Waals surface area contributed by atoms with E-state index in [9.17, 15) is 8.42 Å². The van der Waals surface area contributed by atoms with Crippen molar-refractivity contribution in [2.75, 3.05) is 47.5 Å². The molecule has 3 aromatic rings. The summed E-state index contributed by atoms with van der Waals surface area (Å²) in [6.45, 7) is 2.66. The minimum absolute atomic E-state index is 0.161. The average Bonchev–Trinajstić information content (AvgIpc) is 2.76. The summed E-state index contributed by atoms with van der Waals surface area (Å²) in [6, 6.07) is 15.8. The normalized spacial score (nSPS) is 14.1. The van der Waals surface area contributed by atoms with E-state index in [2.05, 4.69) is 24.9 Å². The fourth-order valence-corrected chi connectivity index (χ4v) is 3.76. The number of hydrogen-bond acceptors (Lipinski definition) is 8. The smallest absolute Gasteiger partial charge is 0.325 e. The first-order valence-electron chi connectivity index (χ1n) is 9.84. The first-order valence-corrected chi connectivity index (χ1v) is 12.1. The molecule has 1 aliphatic rings. The zero-order valence-corrected chi connectivity index (χ0v) is 18.9. The molecule has 2 N–H and O–H groups in total. The Kier molecular flexibility index (Phi) is 6.63. The number of sulfonamides is 1. The lowest BCUT2D eigenvalue weighted by atomic mass is 10.3. The average molecular weight is 476 g/mol. The fourth-order valence-electron chi connectivity index (χ4n) is 3.07. The van der Waals surface area contributed by atoms with E-state index in [0.29, 0.717) is 54.4 Å². The maximum atomic E-state index is 11.4. The lowest BCUT2D eigenvalue weighted by Crippen LogP contribution is -2.36. The second kappa shape index (κ2) is 9.60. The van der Waals surface area contributed by atoms with Gasteiger partial charge in [0.15, 0.2) is 0 Å². The molecule has 0 unspecified atom stereocenters. The molecule has 1 aromatic heterocycles. The maximum Gasteiger partial charge on any atom is 0.325 e. The summed E-state index contributed by atoms with van der Waals surface area (Å²) < 4.78 is 36.5. The predicted octanol–water partition coefficient (Wildman–Crippen LogP) is 3.87. The van der Waals surface area contributed by atoms with Crippen LogP contribution in [0, 0.1) is 0 Å². The van der Waals surface area contributed by atoms with E-state index in [-0.39, 0.29) is 6.01 Å². The van der Waals surface area contributed by atoms with Crippen molar-refractivity contribution in [3.63, 3.8) is 0 Å². The highest BCUT2D eigenvalue weighted by Gasteiger charge is 2.16. The van der Waals surface area contributed by atoms with Crippen LogP contribution in [0.3, 0.4) is 0 Å². The molecule has 4 rings (SSSR count). The summed E-state index contributed by atoms with van der Waals surface area (Å²) in [5.74, 6) is 1.75. The number of rotatable bonds is 7. The van der Waals surface area contributed by atoms with Crippen LogP contribution < -0.4 is 19.7 Å².